The van der Waals surface area contributed by atoms with E-state index in [0.717, 1.165) is 22.4 Å². The van der Waals surface area contributed by atoms with Crippen LogP contribution in [0.2, 0.25) is 0 Å². The van der Waals surface area contributed by atoms with E-state index in [1.807, 2.05) is 94.3 Å². The lowest BCUT2D eigenvalue weighted by molar-refractivity contribution is -0.140. The fourth-order valence-electron chi connectivity index (χ4n) is 3.86. The number of hydrogen-bond donors (Lipinski definition) is 1. The van der Waals surface area contributed by atoms with E-state index in [-0.39, 0.29) is 11.3 Å². The first-order valence-corrected chi connectivity index (χ1v) is 10.4. The molecule has 1 fully saturated rings. The third-order valence-corrected chi connectivity index (χ3v) is 5.70. The van der Waals surface area contributed by atoms with Gasteiger partial charge in [-0.15, -0.1) is 0 Å². The number of anilines is 1. The Bertz CT molecular complexity index is 1020. The Balaban J connectivity index is 2.17. The van der Waals surface area contributed by atoms with Gasteiger partial charge >= 0.3 is 0 Å². The van der Waals surface area contributed by atoms with Gasteiger partial charge in [0, 0.05) is 38.4 Å². The molecule has 164 valence electrons. The van der Waals surface area contributed by atoms with Gasteiger partial charge in [0.1, 0.15) is 5.76 Å². The van der Waals surface area contributed by atoms with Crippen LogP contribution in [0.5, 0.6) is 0 Å². The van der Waals surface area contributed by atoms with Crippen LogP contribution in [0.3, 0.4) is 0 Å². The molecule has 3 rings (SSSR count). The second kappa shape index (κ2) is 8.94. The Morgan fingerprint density at radius 3 is 2.23 bits per heavy atom. The highest BCUT2D eigenvalue weighted by atomic mass is 16.3. The lowest BCUT2D eigenvalue weighted by Gasteiger charge is -2.27. The number of Topliss-reactive ketones (excluding diaryl/α,β-unsaturated/α-hetero) is 1. The molecule has 0 bridgehead atoms. The van der Waals surface area contributed by atoms with Crippen LogP contribution in [0.1, 0.15) is 28.3 Å². The van der Waals surface area contributed by atoms with Gasteiger partial charge in [-0.25, -0.2) is 0 Å². The number of aryl methyl sites for hydroxylation is 2. The van der Waals surface area contributed by atoms with Crippen molar-refractivity contribution < 1.29 is 14.7 Å². The molecular formula is C25H31N3O3. The quantitative estimate of drug-likeness (QED) is 0.440. The zero-order valence-corrected chi connectivity index (χ0v) is 19.1. The van der Waals surface area contributed by atoms with Gasteiger partial charge in [-0.3, -0.25) is 9.59 Å². The van der Waals surface area contributed by atoms with E-state index in [2.05, 4.69) is 0 Å². The first-order chi connectivity index (χ1) is 14.6. The second-order valence-electron chi connectivity index (χ2n) is 8.60. The Kier molecular flexibility index (Phi) is 6.51. The van der Waals surface area contributed by atoms with E-state index in [4.69, 9.17) is 0 Å². The summed E-state index contributed by atoms with van der Waals surface area (Å²) in [5.74, 6) is -1.33. The van der Waals surface area contributed by atoms with Crippen molar-refractivity contribution in [3.8, 4) is 0 Å². The average Bonchev–Trinajstić information content (AvgIpc) is 2.98. The van der Waals surface area contributed by atoms with Crippen molar-refractivity contribution >= 4 is 23.1 Å². The van der Waals surface area contributed by atoms with Crippen LogP contribution >= 0.6 is 0 Å². The molecule has 1 aliphatic heterocycles. The highest BCUT2D eigenvalue weighted by molar-refractivity contribution is 6.46. The van der Waals surface area contributed by atoms with Gasteiger partial charge in [0.05, 0.1) is 11.6 Å². The molecule has 31 heavy (non-hydrogen) atoms. The minimum atomic E-state index is -0.640. The van der Waals surface area contributed by atoms with Crippen molar-refractivity contribution in [1.29, 1.82) is 0 Å². The predicted molar refractivity (Wildman–Crippen MR) is 124 cm³/mol. The Labute approximate surface area is 184 Å². The topological polar surface area (TPSA) is 64.1 Å². The van der Waals surface area contributed by atoms with Crippen molar-refractivity contribution in [1.82, 2.24) is 9.80 Å². The summed E-state index contributed by atoms with van der Waals surface area (Å²) < 4.78 is 0. The molecule has 1 atom stereocenters. The van der Waals surface area contributed by atoms with E-state index in [0.29, 0.717) is 18.7 Å². The molecule has 1 heterocycles. The summed E-state index contributed by atoms with van der Waals surface area (Å²) in [7, 11) is 7.76. The average molecular weight is 422 g/mol. The summed E-state index contributed by atoms with van der Waals surface area (Å²) in [6, 6.07) is 12.8. The minimum absolute atomic E-state index is 0.117. The number of likely N-dealkylation sites (tertiary alicyclic amines) is 1. The number of amides is 1. The van der Waals surface area contributed by atoms with Crippen LogP contribution < -0.4 is 4.90 Å². The van der Waals surface area contributed by atoms with Crippen LogP contribution in [0.15, 0.2) is 48.0 Å². The third-order valence-electron chi connectivity index (χ3n) is 5.70. The van der Waals surface area contributed by atoms with E-state index >= 15 is 0 Å². The van der Waals surface area contributed by atoms with Gasteiger partial charge < -0.3 is 19.8 Å². The molecule has 6 nitrogen and oxygen atoms in total. The Morgan fingerprint density at radius 1 is 1.00 bits per heavy atom. The van der Waals surface area contributed by atoms with E-state index < -0.39 is 17.7 Å². The second-order valence-corrected chi connectivity index (χ2v) is 8.60. The fourth-order valence-corrected chi connectivity index (χ4v) is 3.86. The fraction of sp³-hybridized carbons (Fsp3) is 0.360. The van der Waals surface area contributed by atoms with Crippen LogP contribution in [0, 0.1) is 13.8 Å². The lowest BCUT2D eigenvalue weighted by Crippen LogP contribution is -2.35. The molecule has 1 amide bonds. The lowest BCUT2D eigenvalue weighted by atomic mass is 9.93. The summed E-state index contributed by atoms with van der Waals surface area (Å²) in [5.41, 5.74) is 4.37. The van der Waals surface area contributed by atoms with E-state index in [1.54, 1.807) is 4.90 Å². The van der Waals surface area contributed by atoms with Crippen LogP contribution in [0.25, 0.3) is 5.76 Å². The molecule has 2 aromatic carbocycles. The van der Waals surface area contributed by atoms with Crippen molar-refractivity contribution in [3.05, 3.63) is 70.3 Å². The maximum Gasteiger partial charge on any atom is 0.295 e. The van der Waals surface area contributed by atoms with Gasteiger partial charge in [-0.2, -0.15) is 0 Å². The van der Waals surface area contributed by atoms with Crippen molar-refractivity contribution in [3.63, 3.8) is 0 Å². The maximum atomic E-state index is 13.1. The number of rotatable bonds is 6. The molecule has 1 N–H and O–H groups in total. The molecule has 1 saturated heterocycles. The summed E-state index contributed by atoms with van der Waals surface area (Å²) in [6.07, 6.45) is 0. The van der Waals surface area contributed by atoms with E-state index in [1.165, 1.54) is 0 Å². The Hall–Kier alpha value is -3.12. The van der Waals surface area contributed by atoms with Gasteiger partial charge in [0.25, 0.3) is 11.7 Å². The molecule has 6 heteroatoms. The number of likely N-dealkylation sites (N-methyl/N-ethyl adjacent to an activating group) is 1. The molecule has 1 unspecified atom stereocenters. The van der Waals surface area contributed by atoms with Gasteiger partial charge in [-0.1, -0.05) is 29.8 Å². The summed E-state index contributed by atoms with van der Waals surface area (Å²) in [4.78, 5) is 31.6. The molecular weight excluding hydrogens is 390 g/mol. The smallest absolute Gasteiger partial charge is 0.295 e. The highest BCUT2D eigenvalue weighted by Gasteiger charge is 2.46. The van der Waals surface area contributed by atoms with Crippen LogP contribution in [-0.4, -0.2) is 67.9 Å². The SMILES string of the molecule is Cc1ccc(C)c(/C(O)=C2\C(=O)C(=O)N(CCN(C)C)C2c2ccc(N(C)C)cc2)c1. The molecule has 0 aliphatic carbocycles. The highest BCUT2D eigenvalue weighted by Crippen LogP contribution is 2.40. The van der Waals surface area contributed by atoms with E-state index in [9.17, 15) is 14.7 Å². The molecule has 0 aromatic heterocycles. The zero-order chi connectivity index (χ0) is 22.9. The first kappa shape index (κ1) is 22.6. The standard InChI is InChI=1S/C25H31N3O3/c1-16-7-8-17(2)20(15-16)23(29)21-22(18-9-11-19(12-10-18)27(5)6)28(14-13-26(3)4)25(31)24(21)30/h7-12,15,22,29H,13-14H2,1-6H3/b23-21+. The largest absolute Gasteiger partial charge is 0.507 e. The predicted octanol–water partition coefficient (Wildman–Crippen LogP) is 3.35. The van der Waals surface area contributed by atoms with Gasteiger partial charge in [0.2, 0.25) is 0 Å². The number of ketones is 1. The number of aliphatic hydroxyl groups excluding tert-OH is 1. The van der Waals surface area contributed by atoms with Gasteiger partial charge in [0.15, 0.2) is 0 Å². The summed E-state index contributed by atoms with van der Waals surface area (Å²) in [6.45, 7) is 4.82. The monoisotopic (exact) mass is 421 g/mol. The normalized spacial score (nSPS) is 18.2. The van der Waals surface area contributed by atoms with Crippen LogP contribution in [-0.2, 0) is 9.59 Å². The van der Waals surface area contributed by atoms with Crippen molar-refractivity contribution in [2.45, 2.75) is 19.9 Å². The number of nitrogens with zero attached hydrogens (tertiary/aromatic N) is 3. The van der Waals surface area contributed by atoms with Crippen LogP contribution in [0.4, 0.5) is 5.69 Å². The number of hydrogen-bond acceptors (Lipinski definition) is 5. The number of carbonyl (C=O) groups is 2. The van der Waals surface area contributed by atoms with Crippen molar-refractivity contribution in [2.75, 3.05) is 46.2 Å². The molecule has 0 radical (unpaired) electrons. The van der Waals surface area contributed by atoms with Gasteiger partial charge in [-0.05, 0) is 57.3 Å². The number of benzene rings is 2. The number of carbonyl (C=O) groups excluding carboxylic acids is 2. The zero-order valence-electron chi connectivity index (χ0n) is 19.1. The van der Waals surface area contributed by atoms with Crippen molar-refractivity contribution in [2.24, 2.45) is 0 Å². The number of aliphatic hydroxyl groups is 1. The summed E-state index contributed by atoms with van der Waals surface area (Å²) in [5, 5.41) is 11.2. The molecule has 0 spiro atoms. The molecule has 1 aliphatic rings. The summed E-state index contributed by atoms with van der Waals surface area (Å²) >= 11 is 0. The minimum Gasteiger partial charge on any atom is -0.507 e. The Morgan fingerprint density at radius 2 is 1.65 bits per heavy atom. The molecule has 2 aromatic rings. The third kappa shape index (κ3) is 4.49. The first-order valence-electron chi connectivity index (χ1n) is 10.4. The molecule has 0 saturated carbocycles. The maximum absolute atomic E-state index is 13.1.